The number of hydrogen-bond acceptors (Lipinski definition) is 2. The highest BCUT2D eigenvalue weighted by Crippen LogP contribution is 2.17. The van der Waals surface area contributed by atoms with Crippen LogP contribution in [0.5, 0.6) is 0 Å². The first kappa shape index (κ1) is 22.7. The number of nitrogens with one attached hydrogen (secondary N) is 1. The number of carbonyl (C=O) groups excluding carboxylic acids is 1. The standard InChI is InChI=1S/C24H40NO/c1-3-4-5-6-7-8-9-10-11-12-13-14-15-20-25-24-18-16-23(17-19-24)22(2)21-26/h16-19,22,25H,3-15,20H2,1-2H3. The summed E-state index contributed by atoms with van der Waals surface area (Å²) in [5.74, 6) is -0.134. The highest BCUT2D eigenvalue weighted by molar-refractivity contribution is 5.63. The second-order valence-electron chi connectivity index (χ2n) is 7.63. The number of rotatable bonds is 17. The predicted molar refractivity (Wildman–Crippen MR) is 115 cm³/mol. The van der Waals surface area contributed by atoms with Crippen molar-refractivity contribution in [2.75, 3.05) is 11.9 Å². The Balaban J connectivity index is 1.88. The molecule has 0 aliphatic heterocycles. The molecule has 2 heteroatoms. The zero-order valence-corrected chi connectivity index (χ0v) is 17.2. The van der Waals surface area contributed by atoms with Crippen LogP contribution in [0, 0.1) is 0 Å². The maximum absolute atomic E-state index is 10.7. The molecule has 1 radical (unpaired) electrons. The monoisotopic (exact) mass is 358 g/mol. The van der Waals surface area contributed by atoms with Gasteiger partial charge in [0.1, 0.15) is 0 Å². The second kappa shape index (κ2) is 15.9. The minimum atomic E-state index is -0.134. The molecule has 0 saturated heterocycles. The lowest BCUT2D eigenvalue weighted by Gasteiger charge is -2.08. The van der Waals surface area contributed by atoms with Crippen LogP contribution in [0.15, 0.2) is 24.3 Å². The molecule has 147 valence electrons. The Morgan fingerprint density at radius 3 is 1.69 bits per heavy atom. The molecule has 26 heavy (non-hydrogen) atoms. The fourth-order valence-electron chi connectivity index (χ4n) is 3.33. The number of unbranched alkanes of at least 4 members (excludes halogenated alkanes) is 12. The summed E-state index contributed by atoms with van der Waals surface area (Å²) in [5, 5.41) is 3.47. The van der Waals surface area contributed by atoms with Gasteiger partial charge in [0.15, 0.2) is 0 Å². The van der Waals surface area contributed by atoms with E-state index in [4.69, 9.17) is 0 Å². The van der Waals surface area contributed by atoms with Crippen LogP contribution in [0.4, 0.5) is 5.69 Å². The van der Waals surface area contributed by atoms with Gasteiger partial charge in [-0.1, -0.05) is 103 Å². The molecule has 0 aliphatic carbocycles. The van der Waals surface area contributed by atoms with Crippen molar-refractivity contribution >= 4 is 12.0 Å². The minimum Gasteiger partial charge on any atom is -0.385 e. The molecule has 0 aliphatic rings. The highest BCUT2D eigenvalue weighted by Gasteiger charge is 2.03. The second-order valence-corrected chi connectivity index (χ2v) is 7.63. The number of anilines is 1. The maximum Gasteiger partial charge on any atom is 0.206 e. The van der Waals surface area contributed by atoms with Gasteiger partial charge in [0.25, 0.3) is 0 Å². The van der Waals surface area contributed by atoms with E-state index in [1.54, 1.807) is 0 Å². The molecular formula is C24H40NO. The summed E-state index contributed by atoms with van der Waals surface area (Å²) in [5.41, 5.74) is 2.18. The van der Waals surface area contributed by atoms with Crippen molar-refractivity contribution in [1.82, 2.24) is 0 Å². The Labute approximate surface area is 162 Å². The summed E-state index contributed by atoms with van der Waals surface area (Å²) in [6.45, 7) is 5.19. The SMILES string of the molecule is CCCCCCCCCCCCCCCNc1ccc(C(C)[C]=O)cc1. The molecule has 0 saturated carbocycles. The molecule has 1 unspecified atom stereocenters. The minimum absolute atomic E-state index is 0.134. The molecule has 1 aromatic carbocycles. The van der Waals surface area contributed by atoms with Crippen LogP contribution in [0.3, 0.4) is 0 Å². The van der Waals surface area contributed by atoms with E-state index in [1.165, 1.54) is 83.5 Å². The first-order chi connectivity index (χ1) is 12.8. The summed E-state index contributed by atoms with van der Waals surface area (Å²) < 4.78 is 0. The zero-order valence-electron chi connectivity index (χ0n) is 17.2. The van der Waals surface area contributed by atoms with Gasteiger partial charge in [-0.3, -0.25) is 4.79 Å². The van der Waals surface area contributed by atoms with Gasteiger partial charge >= 0.3 is 0 Å². The van der Waals surface area contributed by atoms with E-state index in [9.17, 15) is 4.79 Å². The van der Waals surface area contributed by atoms with Crippen molar-refractivity contribution in [2.45, 2.75) is 103 Å². The van der Waals surface area contributed by atoms with Crippen molar-refractivity contribution in [3.05, 3.63) is 29.8 Å². The smallest absolute Gasteiger partial charge is 0.206 e. The topological polar surface area (TPSA) is 29.1 Å². The molecule has 1 atom stereocenters. The molecule has 1 aromatic rings. The number of hydrogen-bond donors (Lipinski definition) is 1. The first-order valence-electron chi connectivity index (χ1n) is 11.0. The van der Waals surface area contributed by atoms with E-state index in [2.05, 4.69) is 24.4 Å². The molecule has 0 heterocycles. The summed E-state index contributed by atoms with van der Waals surface area (Å²) >= 11 is 0. The lowest BCUT2D eigenvalue weighted by atomic mass is 10.0. The summed E-state index contributed by atoms with van der Waals surface area (Å²) in [4.78, 5) is 10.7. The first-order valence-corrected chi connectivity index (χ1v) is 11.0. The Kier molecular flexibility index (Phi) is 13.9. The van der Waals surface area contributed by atoms with Gasteiger partial charge in [0, 0.05) is 18.2 Å². The van der Waals surface area contributed by atoms with Crippen LogP contribution in [0.25, 0.3) is 0 Å². The largest absolute Gasteiger partial charge is 0.385 e. The van der Waals surface area contributed by atoms with E-state index < -0.39 is 0 Å². The van der Waals surface area contributed by atoms with Crippen molar-refractivity contribution in [1.29, 1.82) is 0 Å². The van der Waals surface area contributed by atoms with E-state index in [1.807, 2.05) is 25.3 Å². The molecular weight excluding hydrogens is 318 g/mol. The van der Waals surface area contributed by atoms with E-state index >= 15 is 0 Å². The third kappa shape index (κ3) is 11.3. The van der Waals surface area contributed by atoms with Gasteiger partial charge in [-0.15, -0.1) is 0 Å². The van der Waals surface area contributed by atoms with Gasteiger partial charge in [-0.2, -0.15) is 0 Å². The fourth-order valence-corrected chi connectivity index (χ4v) is 3.33. The Morgan fingerprint density at radius 1 is 0.769 bits per heavy atom. The van der Waals surface area contributed by atoms with Crippen LogP contribution >= 0.6 is 0 Å². The predicted octanol–water partition coefficient (Wildman–Crippen LogP) is 7.40. The molecule has 1 N–H and O–H groups in total. The van der Waals surface area contributed by atoms with Crippen molar-refractivity contribution in [3.8, 4) is 0 Å². The van der Waals surface area contributed by atoms with E-state index in [0.29, 0.717) is 0 Å². The molecule has 0 amide bonds. The van der Waals surface area contributed by atoms with Gasteiger partial charge in [0.2, 0.25) is 6.29 Å². The molecule has 1 rings (SSSR count). The van der Waals surface area contributed by atoms with Gasteiger partial charge < -0.3 is 5.32 Å². The maximum atomic E-state index is 10.7. The average molecular weight is 359 g/mol. The fraction of sp³-hybridized carbons (Fsp3) is 0.708. The van der Waals surface area contributed by atoms with Crippen molar-refractivity contribution in [2.24, 2.45) is 0 Å². The van der Waals surface area contributed by atoms with Crippen LogP contribution in [0.2, 0.25) is 0 Å². The van der Waals surface area contributed by atoms with E-state index in [0.717, 1.165) is 17.8 Å². The number of benzene rings is 1. The molecule has 0 aromatic heterocycles. The van der Waals surface area contributed by atoms with Crippen LogP contribution in [-0.4, -0.2) is 12.8 Å². The molecule has 2 nitrogen and oxygen atoms in total. The summed E-state index contributed by atoms with van der Waals surface area (Å²) in [7, 11) is 0. The van der Waals surface area contributed by atoms with E-state index in [-0.39, 0.29) is 5.92 Å². The Hall–Kier alpha value is -1.31. The van der Waals surface area contributed by atoms with Crippen LogP contribution < -0.4 is 5.32 Å². The van der Waals surface area contributed by atoms with Crippen LogP contribution in [0.1, 0.15) is 109 Å². The average Bonchev–Trinajstić information content (AvgIpc) is 2.68. The van der Waals surface area contributed by atoms with Gasteiger partial charge in [-0.05, 0) is 24.1 Å². The zero-order chi connectivity index (χ0) is 18.9. The Bertz CT molecular complexity index is 440. The van der Waals surface area contributed by atoms with Gasteiger partial charge in [0.05, 0.1) is 0 Å². The van der Waals surface area contributed by atoms with Crippen molar-refractivity contribution in [3.63, 3.8) is 0 Å². The summed E-state index contributed by atoms with van der Waals surface area (Å²) in [6, 6.07) is 8.15. The third-order valence-electron chi connectivity index (χ3n) is 5.20. The lowest BCUT2D eigenvalue weighted by molar-refractivity contribution is 0.541. The highest BCUT2D eigenvalue weighted by atomic mass is 16.1. The third-order valence-corrected chi connectivity index (χ3v) is 5.20. The van der Waals surface area contributed by atoms with Crippen molar-refractivity contribution < 1.29 is 4.79 Å². The summed E-state index contributed by atoms with van der Waals surface area (Å²) in [6.07, 6.45) is 20.1. The molecule has 0 fully saturated rings. The Morgan fingerprint density at radius 2 is 1.23 bits per heavy atom. The van der Waals surface area contributed by atoms with Gasteiger partial charge in [-0.25, -0.2) is 0 Å². The van der Waals surface area contributed by atoms with Crippen LogP contribution in [-0.2, 0) is 4.79 Å². The molecule has 0 bridgehead atoms. The molecule has 0 spiro atoms. The normalized spacial score (nSPS) is 12.1. The quantitative estimate of drug-likeness (QED) is 0.294. The lowest BCUT2D eigenvalue weighted by Crippen LogP contribution is -2.02.